The molecule has 182 valence electrons. The summed E-state index contributed by atoms with van der Waals surface area (Å²) in [7, 11) is 0. The van der Waals surface area contributed by atoms with Crippen molar-refractivity contribution in [1.29, 1.82) is 0 Å². The number of ether oxygens (including phenoxy) is 2. The molecule has 0 bridgehead atoms. The van der Waals surface area contributed by atoms with E-state index in [1.165, 1.54) is 4.57 Å². The summed E-state index contributed by atoms with van der Waals surface area (Å²) in [4.78, 5) is 33.5. The number of carbonyl (C=O) groups excluding carboxylic acids is 1. The van der Waals surface area contributed by atoms with E-state index in [1.54, 1.807) is 30.3 Å². The van der Waals surface area contributed by atoms with Gasteiger partial charge in [-0.05, 0) is 66.3 Å². The molecular weight excluding hydrogens is 476 g/mol. The highest BCUT2D eigenvalue weighted by atomic mass is 32.1. The van der Waals surface area contributed by atoms with Crippen molar-refractivity contribution in [2.75, 3.05) is 33.0 Å². The Morgan fingerprint density at radius 2 is 1.67 bits per heavy atom. The fraction of sp³-hybridized carbons (Fsp3) is 0.222. The summed E-state index contributed by atoms with van der Waals surface area (Å²) >= 11 is 5.43. The summed E-state index contributed by atoms with van der Waals surface area (Å²) in [5.74, 6) is 1.56. The number of fused-ring (bicyclic) bond motifs is 2. The molecule has 1 saturated heterocycles. The standard InChI is InChI=1S/C27H24N4O4S/c32-25(30-13-11-29(12-14-30)16-18-5-10-23-24(15-18)35-17-34-23)19-6-8-20(9-7-19)31-26(33)21-3-1-2-4-22(21)28-27(31)36/h1-10,15H,11-14,16-17H2,(H,28,36). The number of H-pyrrole nitrogens is 1. The van der Waals surface area contributed by atoms with Gasteiger partial charge in [-0.3, -0.25) is 19.1 Å². The maximum atomic E-state index is 13.1. The fourth-order valence-corrected chi connectivity index (χ4v) is 5.04. The Morgan fingerprint density at radius 1 is 0.917 bits per heavy atom. The Balaban J connectivity index is 1.13. The van der Waals surface area contributed by atoms with E-state index in [2.05, 4.69) is 16.0 Å². The van der Waals surface area contributed by atoms with Crippen LogP contribution in [0.25, 0.3) is 16.6 Å². The molecule has 2 aliphatic heterocycles. The van der Waals surface area contributed by atoms with Crippen LogP contribution in [0.15, 0.2) is 71.5 Å². The number of hydrogen-bond acceptors (Lipinski definition) is 6. The lowest BCUT2D eigenvalue weighted by Gasteiger charge is -2.34. The zero-order valence-corrected chi connectivity index (χ0v) is 20.3. The van der Waals surface area contributed by atoms with Gasteiger partial charge in [0.05, 0.1) is 16.6 Å². The van der Waals surface area contributed by atoms with Gasteiger partial charge < -0.3 is 19.4 Å². The summed E-state index contributed by atoms with van der Waals surface area (Å²) < 4.78 is 12.6. The lowest BCUT2D eigenvalue weighted by molar-refractivity contribution is 0.0628. The van der Waals surface area contributed by atoms with Crippen LogP contribution in [0.2, 0.25) is 0 Å². The molecular formula is C27H24N4O4S. The van der Waals surface area contributed by atoms with Gasteiger partial charge in [-0.1, -0.05) is 18.2 Å². The van der Waals surface area contributed by atoms with Crippen LogP contribution in [0.3, 0.4) is 0 Å². The zero-order valence-electron chi connectivity index (χ0n) is 19.5. The molecule has 4 aromatic rings. The summed E-state index contributed by atoms with van der Waals surface area (Å²) in [6.07, 6.45) is 0. The summed E-state index contributed by atoms with van der Waals surface area (Å²) in [5.41, 5.74) is 2.89. The number of hydrogen-bond donors (Lipinski definition) is 1. The molecule has 3 heterocycles. The number of aromatic nitrogens is 2. The maximum Gasteiger partial charge on any atom is 0.266 e. The molecule has 1 amide bonds. The van der Waals surface area contributed by atoms with E-state index in [1.807, 2.05) is 35.2 Å². The van der Waals surface area contributed by atoms with Gasteiger partial charge in [0.15, 0.2) is 16.3 Å². The normalized spacial score (nSPS) is 15.4. The van der Waals surface area contributed by atoms with Gasteiger partial charge >= 0.3 is 0 Å². The number of rotatable bonds is 4. The van der Waals surface area contributed by atoms with E-state index in [0.717, 1.165) is 36.7 Å². The minimum Gasteiger partial charge on any atom is -0.454 e. The van der Waals surface area contributed by atoms with Crippen molar-refractivity contribution < 1.29 is 14.3 Å². The Morgan fingerprint density at radius 3 is 2.47 bits per heavy atom. The first kappa shape index (κ1) is 22.5. The third kappa shape index (κ3) is 4.16. The Bertz CT molecular complexity index is 1570. The molecule has 0 atom stereocenters. The van der Waals surface area contributed by atoms with Crippen molar-refractivity contribution in [3.8, 4) is 17.2 Å². The molecule has 6 rings (SSSR count). The third-order valence-corrected chi connectivity index (χ3v) is 6.97. The molecule has 0 spiro atoms. The first-order chi connectivity index (χ1) is 17.6. The second-order valence-corrected chi connectivity index (χ2v) is 9.31. The SMILES string of the molecule is O=C(c1ccc(-n2c(=S)[nH]c3ccccc3c2=O)cc1)N1CCN(Cc2ccc3c(c2)OCO3)CC1. The average Bonchev–Trinajstić information content (AvgIpc) is 3.37. The minimum atomic E-state index is -0.188. The Kier molecular flexibility index (Phi) is 5.79. The van der Waals surface area contributed by atoms with Gasteiger partial charge in [0.1, 0.15) is 0 Å². The summed E-state index contributed by atoms with van der Waals surface area (Å²) in [6, 6.07) is 20.3. The molecule has 36 heavy (non-hydrogen) atoms. The van der Waals surface area contributed by atoms with Crippen LogP contribution in [-0.2, 0) is 6.54 Å². The van der Waals surface area contributed by atoms with Crippen molar-refractivity contribution in [3.63, 3.8) is 0 Å². The van der Waals surface area contributed by atoms with Crippen LogP contribution in [0, 0.1) is 4.77 Å². The lowest BCUT2D eigenvalue weighted by atomic mass is 10.1. The van der Waals surface area contributed by atoms with Crippen molar-refractivity contribution in [3.05, 3.63) is 93.0 Å². The molecule has 0 saturated carbocycles. The third-order valence-electron chi connectivity index (χ3n) is 6.68. The van der Waals surface area contributed by atoms with Crippen molar-refractivity contribution in [2.24, 2.45) is 0 Å². The summed E-state index contributed by atoms with van der Waals surface area (Å²) in [6.45, 7) is 3.96. The highest BCUT2D eigenvalue weighted by Gasteiger charge is 2.23. The highest BCUT2D eigenvalue weighted by molar-refractivity contribution is 7.71. The van der Waals surface area contributed by atoms with Crippen molar-refractivity contribution in [2.45, 2.75) is 6.54 Å². The lowest BCUT2D eigenvalue weighted by Crippen LogP contribution is -2.48. The molecule has 3 aromatic carbocycles. The molecule has 1 fully saturated rings. The minimum absolute atomic E-state index is 0.0136. The average molecular weight is 501 g/mol. The van der Waals surface area contributed by atoms with Gasteiger partial charge in [-0.2, -0.15) is 0 Å². The predicted molar refractivity (Wildman–Crippen MR) is 138 cm³/mol. The van der Waals surface area contributed by atoms with Crippen LogP contribution in [-0.4, -0.2) is 58.2 Å². The van der Waals surface area contributed by atoms with Gasteiger partial charge in [-0.25, -0.2) is 0 Å². The number of benzene rings is 3. The number of para-hydroxylation sites is 1. The number of aromatic amines is 1. The smallest absolute Gasteiger partial charge is 0.266 e. The van der Waals surface area contributed by atoms with Crippen molar-refractivity contribution >= 4 is 29.0 Å². The zero-order chi connectivity index (χ0) is 24.6. The first-order valence-electron chi connectivity index (χ1n) is 11.8. The topological polar surface area (TPSA) is 79.8 Å². The van der Waals surface area contributed by atoms with Crippen LogP contribution >= 0.6 is 12.2 Å². The molecule has 0 radical (unpaired) electrons. The second kappa shape index (κ2) is 9.25. The number of piperazine rings is 1. The number of carbonyl (C=O) groups is 1. The van der Waals surface area contributed by atoms with E-state index in [0.29, 0.717) is 40.0 Å². The first-order valence-corrected chi connectivity index (χ1v) is 12.2. The summed E-state index contributed by atoms with van der Waals surface area (Å²) in [5, 5.41) is 0.560. The maximum absolute atomic E-state index is 13.1. The van der Waals surface area contributed by atoms with E-state index in [4.69, 9.17) is 21.7 Å². The van der Waals surface area contributed by atoms with Gasteiger partial charge in [0.2, 0.25) is 6.79 Å². The molecule has 9 heteroatoms. The Hall–Kier alpha value is -3.95. The van der Waals surface area contributed by atoms with Gasteiger partial charge in [0, 0.05) is 38.3 Å². The molecule has 0 unspecified atom stereocenters. The predicted octanol–water partition coefficient (Wildman–Crippen LogP) is 3.73. The van der Waals surface area contributed by atoms with Crippen LogP contribution in [0.5, 0.6) is 11.5 Å². The molecule has 2 aliphatic rings. The highest BCUT2D eigenvalue weighted by Crippen LogP contribution is 2.32. The fourth-order valence-electron chi connectivity index (χ4n) is 4.74. The van der Waals surface area contributed by atoms with Gasteiger partial charge in [0.25, 0.3) is 11.5 Å². The molecule has 0 aliphatic carbocycles. The monoisotopic (exact) mass is 500 g/mol. The van der Waals surface area contributed by atoms with Crippen LogP contribution < -0.4 is 15.0 Å². The number of nitrogens with zero attached hydrogens (tertiary/aromatic N) is 3. The van der Waals surface area contributed by atoms with Gasteiger partial charge in [-0.15, -0.1) is 0 Å². The quantitative estimate of drug-likeness (QED) is 0.430. The number of nitrogens with one attached hydrogen (secondary N) is 1. The van der Waals surface area contributed by atoms with Crippen LogP contribution in [0.1, 0.15) is 15.9 Å². The van der Waals surface area contributed by atoms with E-state index in [-0.39, 0.29) is 18.3 Å². The Labute approximate surface area is 212 Å². The second-order valence-electron chi connectivity index (χ2n) is 8.92. The molecule has 1 N–H and O–H groups in total. The van der Waals surface area contributed by atoms with E-state index in [9.17, 15) is 9.59 Å². The van der Waals surface area contributed by atoms with Crippen LogP contribution in [0.4, 0.5) is 0 Å². The largest absolute Gasteiger partial charge is 0.454 e. The number of amides is 1. The van der Waals surface area contributed by atoms with E-state index >= 15 is 0 Å². The van der Waals surface area contributed by atoms with E-state index < -0.39 is 0 Å². The molecule has 1 aromatic heterocycles. The van der Waals surface area contributed by atoms with Crippen molar-refractivity contribution in [1.82, 2.24) is 19.4 Å². The molecule has 8 nitrogen and oxygen atoms in total.